The minimum atomic E-state index is -2.95. The molecule has 0 fully saturated rings. The molecule has 0 aliphatic rings. The third-order valence-corrected chi connectivity index (χ3v) is 3.69. The van der Waals surface area contributed by atoms with Crippen molar-refractivity contribution in [1.82, 2.24) is 4.90 Å². The molecule has 0 heterocycles. The van der Waals surface area contributed by atoms with Gasteiger partial charge in [0.2, 0.25) is 0 Å². The highest BCUT2D eigenvalue weighted by Crippen LogP contribution is 1.95. The molecule has 0 radical (unpaired) electrons. The summed E-state index contributed by atoms with van der Waals surface area (Å²) < 4.78 is 22.7. The van der Waals surface area contributed by atoms with E-state index in [1.807, 2.05) is 6.92 Å². The molecule has 3 N–H and O–H groups in total. The molecule has 15 heavy (non-hydrogen) atoms. The maximum Gasteiger partial charge on any atom is 0.153 e. The van der Waals surface area contributed by atoms with Crippen LogP contribution in [0.2, 0.25) is 0 Å². The van der Waals surface area contributed by atoms with Crippen LogP contribution in [0.25, 0.3) is 0 Å². The average Bonchev–Trinajstić information content (AvgIpc) is 2.15. The minimum absolute atomic E-state index is 0.0744. The van der Waals surface area contributed by atoms with Crippen molar-refractivity contribution >= 4 is 15.7 Å². The molecule has 7 heteroatoms. The first kappa shape index (κ1) is 14.2. The van der Waals surface area contributed by atoms with Crippen molar-refractivity contribution < 1.29 is 13.6 Å². The Bertz CT molecular complexity index is 300. The molecule has 0 aromatic carbocycles. The maximum absolute atomic E-state index is 11.4. The van der Waals surface area contributed by atoms with Gasteiger partial charge < -0.3 is 10.9 Å². The minimum Gasteiger partial charge on any atom is -0.409 e. The Morgan fingerprint density at radius 2 is 2.07 bits per heavy atom. The Balaban J connectivity index is 3.95. The molecule has 0 saturated carbocycles. The van der Waals surface area contributed by atoms with Crippen molar-refractivity contribution in [3.63, 3.8) is 0 Å². The highest BCUT2D eigenvalue weighted by atomic mass is 32.2. The molecule has 0 amide bonds. The summed E-state index contributed by atoms with van der Waals surface area (Å²) in [7, 11) is -1.23. The third-order valence-electron chi connectivity index (χ3n) is 1.86. The highest BCUT2D eigenvalue weighted by molar-refractivity contribution is 7.91. The van der Waals surface area contributed by atoms with Crippen LogP contribution >= 0.6 is 0 Å². The summed E-state index contributed by atoms with van der Waals surface area (Å²) in [5, 5.41) is 11.1. The van der Waals surface area contributed by atoms with E-state index in [0.29, 0.717) is 13.0 Å². The van der Waals surface area contributed by atoms with Crippen molar-refractivity contribution in [2.45, 2.75) is 13.3 Å². The zero-order valence-corrected chi connectivity index (χ0v) is 10.00. The number of nitrogens with two attached hydrogens (primary N) is 1. The number of hydrogen-bond donors (Lipinski definition) is 2. The lowest BCUT2D eigenvalue weighted by molar-refractivity contribution is 0.311. The van der Waals surface area contributed by atoms with E-state index < -0.39 is 9.84 Å². The quantitative estimate of drug-likeness (QED) is 0.269. The zero-order valence-electron chi connectivity index (χ0n) is 9.18. The van der Waals surface area contributed by atoms with E-state index in [4.69, 9.17) is 10.9 Å². The second-order valence-electron chi connectivity index (χ2n) is 3.48. The molecule has 0 aromatic heterocycles. The van der Waals surface area contributed by atoms with E-state index in [1.54, 1.807) is 11.9 Å². The van der Waals surface area contributed by atoms with Crippen molar-refractivity contribution in [3.8, 4) is 0 Å². The molecule has 0 atom stereocenters. The summed E-state index contributed by atoms with van der Waals surface area (Å²) in [5.41, 5.74) is 5.28. The van der Waals surface area contributed by atoms with Gasteiger partial charge in [-0.3, -0.25) is 4.90 Å². The topological polar surface area (TPSA) is 96.0 Å². The lowest BCUT2D eigenvalue weighted by Gasteiger charge is -2.15. The van der Waals surface area contributed by atoms with Gasteiger partial charge in [-0.05, 0) is 13.5 Å². The third kappa shape index (κ3) is 7.15. The van der Waals surface area contributed by atoms with E-state index in [1.165, 1.54) is 0 Å². The van der Waals surface area contributed by atoms with Crippen molar-refractivity contribution in [2.24, 2.45) is 10.9 Å². The van der Waals surface area contributed by atoms with Gasteiger partial charge in [-0.25, -0.2) is 8.42 Å². The van der Waals surface area contributed by atoms with Gasteiger partial charge in [0.1, 0.15) is 0 Å². The van der Waals surface area contributed by atoms with Gasteiger partial charge in [0, 0.05) is 12.3 Å². The summed E-state index contributed by atoms with van der Waals surface area (Å²) in [6.45, 7) is 2.48. The van der Waals surface area contributed by atoms with Gasteiger partial charge >= 0.3 is 0 Å². The fourth-order valence-corrected chi connectivity index (χ4v) is 2.51. The molecule has 90 valence electrons. The molecular formula is C8H19N3O3S. The molecule has 0 aromatic rings. The number of rotatable bonds is 7. The van der Waals surface area contributed by atoms with Crippen LogP contribution in [0, 0.1) is 0 Å². The van der Waals surface area contributed by atoms with Crippen LogP contribution in [0.5, 0.6) is 0 Å². The normalized spacial score (nSPS) is 13.4. The summed E-state index contributed by atoms with van der Waals surface area (Å²) in [5.74, 6) is 0.394. The van der Waals surface area contributed by atoms with Crippen LogP contribution < -0.4 is 5.73 Å². The lowest BCUT2D eigenvalue weighted by atomic mass is 10.5. The molecule has 0 bridgehead atoms. The van der Waals surface area contributed by atoms with Gasteiger partial charge in [-0.15, -0.1) is 0 Å². The van der Waals surface area contributed by atoms with Crippen LogP contribution in [-0.2, 0) is 9.84 Å². The molecule has 0 unspecified atom stereocenters. The Kier molecular flexibility index (Phi) is 6.26. The summed E-state index contributed by atoms with van der Waals surface area (Å²) in [6, 6.07) is 0. The smallest absolute Gasteiger partial charge is 0.153 e. The Hall–Kier alpha value is -0.820. The van der Waals surface area contributed by atoms with Gasteiger partial charge in [0.15, 0.2) is 15.7 Å². The zero-order chi connectivity index (χ0) is 11.9. The van der Waals surface area contributed by atoms with Crippen molar-refractivity contribution in [1.29, 1.82) is 0 Å². The molecule has 0 aliphatic carbocycles. The highest BCUT2D eigenvalue weighted by Gasteiger charge is 2.11. The maximum atomic E-state index is 11.4. The average molecular weight is 237 g/mol. The fourth-order valence-electron chi connectivity index (χ4n) is 1.10. The summed E-state index contributed by atoms with van der Waals surface area (Å²) in [6.07, 6.45) is 0.631. The molecule has 6 nitrogen and oxygen atoms in total. The second kappa shape index (κ2) is 6.62. The lowest BCUT2D eigenvalue weighted by Crippen LogP contribution is -2.34. The molecule has 0 aliphatic heterocycles. The van der Waals surface area contributed by atoms with Crippen LogP contribution in [0.3, 0.4) is 0 Å². The van der Waals surface area contributed by atoms with Gasteiger partial charge in [-0.1, -0.05) is 12.1 Å². The van der Waals surface area contributed by atoms with Crippen LogP contribution in [0.15, 0.2) is 5.16 Å². The predicted molar refractivity (Wildman–Crippen MR) is 59.9 cm³/mol. The predicted octanol–water partition coefficient (Wildman–Crippen LogP) is -0.511. The number of hydrogen-bond acceptors (Lipinski definition) is 5. The van der Waals surface area contributed by atoms with Crippen LogP contribution in [-0.4, -0.2) is 56.0 Å². The molecule has 0 rings (SSSR count). The second-order valence-corrected chi connectivity index (χ2v) is 5.78. The first-order valence-electron chi connectivity index (χ1n) is 4.76. The van der Waals surface area contributed by atoms with E-state index in [0.717, 1.165) is 0 Å². The SMILES string of the molecule is CCCS(=O)(=O)CCN(C)CC(N)=NO. The van der Waals surface area contributed by atoms with Crippen molar-refractivity contribution in [2.75, 3.05) is 31.6 Å². The van der Waals surface area contributed by atoms with E-state index in [9.17, 15) is 8.42 Å². The summed E-state index contributed by atoms with van der Waals surface area (Å²) in [4.78, 5) is 1.70. The van der Waals surface area contributed by atoms with Crippen LogP contribution in [0.1, 0.15) is 13.3 Å². The monoisotopic (exact) mass is 237 g/mol. The molecule has 0 spiro atoms. The fraction of sp³-hybridized carbons (Fsp3) is 0.875. The first-order chi connectivity index (χ1) is 6.91. The number of amidine groups is 1. The van der Waals surface area contributed by atoms with Gasteiger partial charge in [0.25, 0.3) is 0 Å². The Morgan fingerprint density at radius 3 is 2.53 bits per heavy atom. The van der Waals surface area contributed by atoms with Gasteiger partial charge in [0.05, 0.1) is 12.3 Å². The largest absolute Gasteiger partial charge is 0.409 e. The number of likely N-dealkylation sites (N-methyl/N-ethyl adjacent to an activating group) is 1. The van der Waals surface area contributed by atoms with E-state index in [2.05, 4.69) is 5.16 Å². The Morgan fingerprint density at radius 1 is 1.47 bits per heavy atom. The standard InChI is InChI=1S/C8H19N3O3S/c1-3-5-15(13,14)6-4-11(2)7-8(9)10-12/h12H,3-7H2,1-2H3,(H2,9,10). The number of oxime groups is 1. The first-order valence-corrected chi connectivity index (χ1v) is 6.58. The summed E-state index contributed by atoms with van der Waals surface area (Å²) >= 11 is 0. The number of nitrogens with zero attached hydrogens (tertiary/aromatic N) is 2. The van der Waals surface area contributed by atoms with E-state index in [-0.39, 0.29) is 23.9 Å². The molecule has 0 saturated heterocycles. The Labute approximate surface area is 90.7 Å². The number of sulfone groups is 1. The van der Waals surface area contributed by atoms with E-state index >= 15 is 0 Å². The van der Waals surface area contributed by atoms with Gasteiger partial charge in [-0.2, -0.15) is 0 Å². The van der Waals surface area contributed by atoms with Crippen molar-refractivity contribution in [3.05, 3.63) is 0 Å². The van der Waals surface area contributed by atoms with Crippen LogP contribution in [0.4, 0.5) is 0 Å². The molecular weight excluding hydrogens is 218 g/mol.